The van der Waals surface area contributed by atoms with Gasteiger partial charge in [0.25, 0.3) is 5.91 Å². The summed E-state index contributed by atoms with van der Waals surface area (Å²) in [6.45, 7) is 4.79. The van der Waals surface area contributed by atoms with E-state index >= 15 is 0 Å². The summed E-state index contributed by atoms with van der Waals surface area (Å²) in [6.07, 6.45) is 0. The summed E-state index contributed by atoms with van der Waals surface area (Å²) in [4.78, 5) is 13.5. The maximum Gasteiger partial charge on any atom is 0.252 e. The highest BCUT2D eigenvalue weighted by atomic mass is 32.2. The van der Waals surface area contributed by atoms with Gasteiger partial charge < -0.3 is 15.2 Å². The second-order valence-corrected chi connectivity index (χ2v) is 7.58. The van der Waals surface area contributed by atoms with Gasteiger partial charge >= 0.3 is 0 Å². The standard InChI is InChI=1S/C22H22N4O2S/c1-15-7-8-20(17(11-15)13-23)24-9-10-25-22(27)19-5-3-4-6-21(19)29-14-18-12-16(2)26-28-18/h3-8,11-12,24H,9-10,14H2,1-2H3,(H,25,27). The zero-order valence-electron chi connectivity index (χ0n) is 16.4. The Balaban J connectivity index is 1.54. The van der Waals surface area contributed by atoms with Crippen LogP contribution in [0.25, 0.3) is 0 Å². The molecular formula is C22H22N4O2S. The van der Waals surface area contributed by atoms with Crippen molar-refractivity contribution in [2.24, 2.45) is 0 Å². The Labute approximate surface area is 174 Å². The molecule has 2 aromatic carbocycles. The molecule has 0 aliphatic heterocycles. The van der Waals surface area contributed by atoms with Crippen molar-refractivity contribution in [2.45, 2.75) is 24.5 Å². The molecule has 0 bridgehead atoms. The molecular weight excluding hydrogens is 384 g/mol. The van der Waals surface area contributed by atoms with Crippen LogP contribution in [0, 0.1) is 25.2 Å². The molecule has 2 N–H and O–H groups in total. The number of carbonyl (C=O) groups excluding carboxylic acids is 1. The average Bonchev–Trinajstić information content (AvgIpc) is 3.15. The van der Waals surface area contributed by atoms with Gasteiger partial charge in [-0.1, -0.05) is 23.4 Å². The first-order chi connectivity index (χ1) is 14.1. The zero-order chi connectivity index (χ0) is 20.6. The fraction of sp³-hybridized carbons (Fsp3) is 0.227. The molecule has 29 heavy (non-hydrogen) atoms. The van der Waals surface area contributed by atoms with E-state index in [4.69, 9.17) is 4.52 Å². The lowest BCUT2D eigenvalue weighted by Gasteiger charge is -2.11. The van der Waals surface area contributed by atoms with Crippen LogP contribution in [-0.4, -0.2) is 24.2 Å². The van der Waals surface area contributed by atoms with Crippen molar-refractivity contribution in [1.29, 1.82) is 5.26 Å². The molecule has 0 unspecified atom stereocenters. The molecule has 148 valence electrons. The van der Waals surface area contributed by atoms with Gasteiger partial charge in [0.15, 0.2) is 0 Å². The number of nitrogens with zero attached hydrogens (tertiary/aromatic N) is 2. The van der Waals surface area contributed by atoms with Crippen molar-refractivity contribution in [3.63, 3.8) is 0 Å². The van der Waals surface area contributed by atoms with E-state index < -0.39 is 0 Å². The Bertz CT molecular complexity index is 1040. The van der Waals surface area contributed by atoms with Gasteiger partial charge in [-0.05, 0) is 43.7 Å². The number of anilines is 1. The molecule has 6 nitrogen and oxygen atoms in total. The van der Waals surface area contributed by atoms with Gasteiger partial charge in [-0.25, -0.2) is 0 Å². The molecule has 0 atom stereocenters. The van der Waals surface area contributed by atoms with E-state index in [9.17, 15) is 10.1 Å². The van der Waals surface area contributed by atoms with Crippen LogP contribution in [0.4, 0.5) is 5.69 Å². The van der Waals surface area contributed by atoms with Crippen LogP contribution in [0.3, 0.4) is 0 Å². The maximum atomic E-state index is 12.6. The first-order valence-corrected chi connectivity index (χ1v) is 10.2. The summed E-state index contributed by atoms with van der Waals surface area (Å²) in [5, 5.41) is 19.2. The third-order valence-corrected chi connectivity index (χ3v) is 5.30. The van der Waals surface area contributed by atoms with Gasteiger partial charge in [-0.2, -0.15) is 5.26 Å². The van der Waals surface area contributed by atoms with Crippen molar-refractivity contribution in [1.82, 2.24) is 10.5 Å². The molecule has 0 aliphatic rings. The average molecular weight is 407 g/mol. The zero-order valence-corrected chi connectivity index (χ0v) is 17.2. The Morgan fingerprint density at radius 1 is 1.17 bits per heavy atom. The van der Waals surface area contributed by atoms with Crippen LogP contribution in [0.2, 0.25) is 0 Å². The number of benzene rings is 2. The summed E-state index contributed by atoms with van der Waals surface area (Å²) in [5.41, 5.74) is 3.87. The van der Waals surface area contributed by atoms with Crippen LogP contribution in [0.1, 0.15) is 32.9 Å². The minimum atomic E-state index is -0.131. The molecule has 7 heteroatoms. The minimum Gasteiger partial charge on any atom is -0.382 e. The maximum absolute atomic E-state index is 12.6. The summed E-state index contributed by atoms with van der Waals surface area (Å²) >= 11 is 1.54. The van der Waals surface area contributed by atoms with E-state index in [1.807, 2.05) is 62.4 Å². The highest BCUT2D eigenvalue weighted by molar-refractivity contribution is 7.98. The predicted octanol–water partition coefficient (Wildman–Crippen LogP) is 4.30. The summed E-state index contributed by atoms with van der Waals surface area (Å²) < 4.78 is 5.23. The quantitative estimate of drug-likeness (QED) is 0.428. The van der Waals surface area contributed by atoms with E-state index in [0.29, 0.717) is 30.0 Å². The second-order valence-electron chi connectivity index (χ2n) is 6.56. The summed E-state index contributed by atoms with van der Waals surface area (Å²) in [5.74, 6) is 1.25. The highest BCUT2D eigenvalue weighted by Gasteiger charge is 2.12. The largest absolute Gasteiger partial charge is 0.382 e. The number of rotatable bonds is 8. The molecule has 1 amide bonds. The number of nitriles is 1. The number of amides is 1. The van der Waals surface area contributed by atoms with E-state index in [0.717, 1.165) is 27.6 Å². The van der Waals surface area contributed by atoms with Gasteiger partial charge in [0.05, 0.1) is 28.3 Å². The molecule has 1 heterocycles. The van der Waals surface area contributed by atoms with E-state index in [1.165, 1.54) is 11.8 Å². The van der Waals surface area contributed by atoms with Crippen molar-refractivity contribution in [3.8, 4) is 6.07 Å². The van der Waals surface area contributed by atoms with Crippen molar-refractivity contribution in [2.75, 3.05) is 18.4 Å². The topological polar surface area (TPSA) is 90.9 Å². The highest BCUT2D eigenvalue weighted by Crippen LogP contribution is 2.26. The molecule has 0 spiro atoms. The lowest BCUT2D eigenvalue weighted by atomic mass is 10.1. The fourth-order valence-electron chi connectivity index (χ4n) is 2.79. The Kier molecular flexibility index (Phi) is 6.93. The summed E-state index contributed by atoms with van der Waals surface area (Å²) in [6, 6.07) is 17.2. The minimum absolute atomic E-state index is 0.131. The Morgan fingerprint density at radius 2 is 2.00 bits per heavy atom. The van der Waals surface area contributed by atoms with Gasteiger partial charge in [-0.3, -0.25) is 4.79 Å². The van der Waals surface area contributed by atoms with Crippen LogP contribution < -0.4 is 10.6 Å². The molecule has 1 aromatic heterocycles. The fourth-order valence-corrected chi connectivity index (χ4v) is 3.71. The number of carbonyl (C=O) groups is 1. The number of hydrogen-bond acceptors (Lipinski definition) is 6. The molecule has 0 saturated heterocycles. The van der Waals surface area contributed by atoms with Crippen LogP contribution in [0.15, 0.2) is 57.9 Å². The molecule has 3 aromatic rings. The molecule has 3 rings (SSSR count). The monoisotopic (exact) mass is 406 g/mol. The van der Waals surface area contributed by atoms with Gasteiger partial charge in [0.2, 0.25) is 0 Å². The molecule has 0 saturated carbocycles. The van der Waals surface area contributed by atoms with E-state index in [-0.39, 0.29) is 5.91 Å². The lowest BCUT2D eigenvalue weighted by Crippen LogP contribution is -2.29. The normalized spacial score (nSPS) is 10.4. The number of hydrogen-bond donors (Lipinski definition) is 2. The SMILES string of the molecule is Cc1ccc(NCCNC(=O)c2ccccc2SCc2cc(C)no2)c(C#N)c1. The first-order valence-electron chi connectivity index (χ1n) is 9.23. The molecule has 0 aliphatic carbocycles. The Morgan fingerprint density at radius 3 is 2.76 bits per heavy atom. The third-order valence-electron chi connectivity index (χ3n) is 4.20. The number of thioether (sulfide) groups is 1. The summed E-state index contributed by atoms with van der Waals surface area (Å²) in [7, 11) is 0. The van der Waals surface area contributed by atoms with Gasteiger partial charge in [0.1, 0.15) is 11.8 Å². The number of aromatic nitrogens is 1. The molecule has 0 radical (unpaired) electrons. The van der Waals surface area contributed by atoms with Crippen molar-refractivity contribution in [3.05, 3.63) is 76.7 Å². The smallest absolute Gasteiger partial charge is 0.252 e. The second kappa shape index (κ2) is 9.80. The lowest BCUT2D eigenvalue weighted by molar-refractivity contribution is 0.0952. The van der Waals surface area contributed by atoms with Crippen LogP contribution in [-0.2, 0) is 5.75 Å². The van der Waals surface area contributed by atoms with Gasteiger partial charge in [-0.15, -0.1) is 11.8 Å². The number of nitrogens with one attached hydrogen (secondary N) is 2. The Hall–Kier alpha value is -3.24. The third kappa shape index (κ3) is 5.62. The molecule has 0 fully saturated rings. The van der Waals surface area contributed by atoms with Gasteiger partial charge in [0, 0.05) is 24.1 Å². The number of aryl methyl sites for hydroxylation is 2. The van der Waals surface area contributed by atoms with Crippen molar-refractivity contribution >= 4 is 23.4 Å². The van der Waals surface area contributed by atoms with E-state index in [2.05, 4.69) is 21.9 Å². The van der Waals surface area contributed by atoms with Crippen molar-refractivity contribution < 1.29 is 9.32 Å². The van der Waals surface area contributed by atoms with Crippen LogP contribution in [0.5, 0.6) is 0 Å². The van der Waals surface area contributed by atoms with E-state index in [1.54, 1.807) is 0 Å². The first kappa shape index (κ1) is 20.5. The predicted molar refractivity (Wildman–Crippen MR) is 114 cm³/mol. The van der Waals surface area contributed by atoms with Crippen LogP contribution >= 0.6 is 11.8 Å².